The highest BCUT2D eigenvalue weighted by Gasteiger charge is 2.39. The van der Waals surface area contributed by atoms with E-state index in [1.807, 2.05) is 13.8 Å². The summed E-state index contributed by atoms with van der Waals surface area (Å²) in [7, 11) is 0. The molecule has 1 aliphatic heterocycles. The molecule has 0 spiro atoms. The lowest BCUT2D eigenvalue weighted by Crippen LogP contribution is -2.49. The Hall–Kier alpha value is -0.0800. The molecule has 0 aromatic heterocycles. The van der Waals surface area contributed by atoms with Crippen LogP contribution in [0.2, 0.25) is 0 Å². The summed E-state index contributed by atoms with van der Waals surface area (Å²) in [6.07, 6.45) is 0.675. The normalized spacial score (nSPS) is 35.5. The van der Waals surface area contributed by atoms with Gasteiger partial charge in [-0.15, -0.1) is 0 Å². The van der Waals surface area contributed by atoms with Crippen LogP contribution in [0.25, 0.3) is 0 Å². The first-order valence-corrected chi connectivity index (χ1v) is 4.77. The molecule has 12 heavy (non-hydrogen) atoms. The molecule has 1 rings (SSSR count). The Morgan fingerprint density at radius 2 is 2.00 bits per heavy atom. The lowest BCUT2D eigenvalue weighted by atomic mass is 9.78. The summed E-state index contributed by atoms with van der Waals surface area (Å²) in [5.41, 5.74) is -0.354. The smallest absolute Gasteiger partial charge is 0.0887 e. The second kappa shape index (κ2) is 3.35. The third-order valence-electron chi connectivity index (χ3n) is 2.90. The first kappa shape index (κ1) is 10.0. The van der Waals surface area contributed by atoms with Crippen molar-refractivity contribution in [3.63, 3.8) is 0 Å². The molecule has 1 heterocycles. The Bertz CT molecular complexity index is 152. The number of hydrogen-bond acceptors (Lipinski definition) is 2. The molecule has 2 heteroatoms. The van der Waals surface area contributed by atoms with Gasteiger partial charge in [0, 0.05) is 6.61 Å². The van der Waals surface area contributed by atoms with Crippen LogP contribution in [0, 0.1) is 11.8 Å². The van der Waals surface area contributed by atoms with E-state index in [4.69, 9.17) is 4.74 Å². The summed E-state index contributed by atoms with van der Waals surface area (Å²) < 4.78 is 5.51. The average molecular weight is 172 g/mol. The molecule has 0 bridgehead atoms. The van der Waals surface area contributed by atoms with Gasteiger partial charge in [-0.2, -0.15) is 0 Å². The molecule has 1 aliphatic rings. The Labute approximate surface area is 74.9 Å². The summed E-state index contributed by atoms with van der Waals surface area (Å²) in [6.45, 7) is 9.04. The maximum Gasteiger partial charge on any atom is 0.0887 e. The summed E-state index contributed by atoms with van der Waals surface area (Å²) in [4.78, 5) is 0. The minimum absolute atomic E-state index is 0.314. The van der Waals surface area contributed by atoms with Gasteiger partial charge >= 0.3 is 0 Å². The summed E-state index contributed by atoms with van der Waals surface area (Å²) in [6, 6.07) is 0. The van der Waals surface area contributed by atoms with Crippen LogP contribution in [0.1, 0.15) is 34.1 Å². The van der Waals surface area contributed by atoms with Gasteiger partial charge in [-0.05, 0) is 32.1 Å². The predicted molar refractivity (Wildman–Crippen MR) is 49.0 cm³/mol. The first-order valence-electron chi connectivity index (χ1n) is 4.77. The molecule has 0 aromatic carbocycles. The van der Waals surface area contributed by atoms with E-state index in [0.717, 1.165) is 13.0 Å². The predicted octanol–water partition coefficient (Wildman–Crippen LogP) is 1.82. The molecular formula is C10H20O2. The van der Waals surface area contributed by atoms with Crippen LogP contribution in [0.15, 0.2) is 0 Å². The maximum atomic E-state index is 9.94. The van der Waals surface area contributed by atoms with Gasteiger partial charge in [0.25, 0.3) is 0 Å². The van der Waals surface area contributed by atoms with Crippen LogP contribution in [0.3, 0.4) is 0 Å². The van der Waals surface area contributed by atoms with Crippen LogP contribution in [-0.2, 0) is 4.74 Å². The highest BCUT2D eigenvalue weighted by atomic mass is 16.5. The Balaban J connectivity index is 2.66. The van der Waals surface area contributed by atoms with Crippen molar-refractivity contribution >= 4 is 0 Å². The zero-order valence-electron chi connectivity index (χ0n) is 8.50. The van der Waals surface area contributed by atoms with Gasteiger partial charge in [0.2, 0.25) is 0 Å². The van der Waals surface area contributed by atoms with E-state index >= 15 is 0 Å². The molecule has 1 N–H and O–H groups in total. The quantitative estimate of drug-likeness (QED) is 0.653. The topological polar surface area (TPSA) is 29.5 Å². The number of ether oxygens (including phenoxy) is 1. The van der Waals surface area contributed by atoms with E-state index in [1.54, 1.807) is 0 Å². The third kappa shape index (κ3) is 1.80. The number of rotatable bonds is 1. The standard InChI is InChI=1S/C10H20O2/c1-7(2)8-5-6-12-10(3,4)9(8)11/h7-9,11H,5-6H2,1-4H3/t8-,9-/m1/s1. The van der Waals surface area contributed by atoms with E-state index in [0.29, 0.717) is 11.8 Å². The molecule has 2 nitrogen and oxygen atoms in total. The number of hydrogen-bond donors (Lipinski definition) is 1. The van der Waals surface area contributed by atoms with Crippen molar-refractivity contribution in [2.24, 2.45) is 11.8 Å². The van der Waals surface area contributed by atoms with Crippen LogP contribution < -0.4 is 0 Å². The van der Waals surface area contributed by atoms with Crippen LogP contribution in [0.4, 0.5) is 0 Å². The Morgan fingerprint density at radius 3 is 2.42 bits per heavy atom. The molecule has 2 atom stereocenters. The molecule has 0 aromatic rings. The molecule has 72 valence electrons. The minimum Gasteiger partial charge on any atom is -0.390 e. The zero-order valence-corrected chi connectivity index (χ0v) is 8.50. The average Bonchev–Trinajstić information content (AvgIpc) is 1.94. The van der Waals surface area contributed by atoms with Crippen molar-refractivity contribution < 1.29 is 9.84 Å². The maximum absolute atomic E-state index is 9.94. The molecule has 0 aliphatic carbocycles. The fraction of sp³-hybridized carbons (Fsp3) is 1.00. The monoisotopic (exact) mass is 172 g/mol. The molecule has 0 unspecified atom stereocenters. The van der Waals surface area contributed by atoms with Crippen molar-refractivity contribution in [1.82, 2.24) is 0 Å². The SMILES string of the molecule is CC(C)[C@H]1CCOC(C)(C)[C@@H]1O. The van der Waals surface area contributed by atoms with Gasteiger partial charge in [-0.3, -0.25) is 0 Å². The first-order chi connectivity index (χ1) is 5.45. The summed E-state index contributed by atoms with van der Waals surface area (Å²) in [5.74, 6) is 0.942. The number of aliphatic hydroxyl groups excluding tert-OH is 1. The number of aliphatic hydroxyl groups is 1. The zero-order chi connectivity index (χ0) is 9.35. The van der Waals surface area contributed by atoms with Gasteiger partial charge in [0.05, 0.1) is 11.7 Å². The van der Waals surface area contributed by atoms with Gasteiger partial charge in [-0.1, -0.05) is 13.8 Å². The van der Waals surface area contributed by atoms with E-state index < -0.39 is 0 Å². The second-order valence-electron chi connectivity index (χ2n) is 4.59. The lowest BCUT2D eigenvalue weighted by molar-refractivity contribution is -0.166. The lowest BCUT2D eigenvalue weighted by Gasteiger charge is -2.42. The third-order valence-corrected chi connectivity index (χ3v) is 2.90. The van der Waals surface area contributed by atoms with Crippen molar-refractivity contribution in [2.45, 2.75) is 45.8 Å². The fourth-order valence-electron chi connectivity index (χ4n) is 1.91. The van der Waals surface area contributed by atoms with Gasteiger partial charge in [0.1, 0.15) is 0 Å². The van der Waals surface area contributed by atoms with Gasteiger partial charge < -0.3 is 9.84 Å². The largest absolute Gasteiger partial charge is 0.390 e. The van der Waals surface area contributed by atoms with Gasteiger partial charge in [-0.25, -0.2) is 0 Å². The summed E-state index contributed by atoms with van der Waals surface area (Å²) >= 11 is 0. The van der Waals surface area contributed by atoms with Crippen LogP contribution in [0.5, 0.6) is 0 Å². The molecular weight excluding hydrogens is 152 g/mol. The Morgan fingerprint density at radius 1 is 1.42 bits per heavy atom. The molecule has 0 radical (unpaired) electrons. The Kier molecular flexibility index (Phi) is 2.79. The molecule has 0 amide bonds. The van der Waals surface area contributed by atoms with Crippen LogP contribution in [-0.4, -0.2) is 23.4 Å². The summed E-state index contributed by atoms with van der Waals surface area (Å²) in [5, 5.41) is 9.94. The molecule has 1 saturated heterocycles. The highest BCUT2D eigenvalue weighted by molar-refractivity contribution is 4.89. The van der Waals surface area contributed by atoms with E-state index in [9.17, 15) is 5.11 Å². The van der Waals surface area contributed by atoms with Crippen molar-refractivity contribution in [3.8, 4) is 0 Å². The van der Waals surface area contributed by atoms with Gasteiger partial charge in [0.15, 0.2) is 0 Å². The molecule has 0 saturated carbocycles. The molecule has 1 fully saturated rings. The van der Waals surface area contributed by atoms with E-state index in [1.165, 1.54) is 0 Å². The minimum atomic E-state index is -0.354. The van der Waals surface area contributed by atoms with Crippen LogP contribution >= 0.6 is 0 Å². The van der Waals surface area contributed by atoms with E-state index in [-0.39, 0.29) is 11.7 Å². The van der Waals surface area contributed by atoms with Crippen molar-refractivity contribution in [1.29, 1.82) is 0 Å². The second-order valence-corrected chi connectivity index (χ2v) is 4.59. The highest BCUT2D eigenvalue weighted by Crippen LogP contribution is 2.33. The fourth-order valence-corrected chi connectivity index (χ4v) is 1.91. The van der Waals surface area contributed by atoms with Crippen molar-refractivity contribution in [2.75, 3.05) is 6.61 Å². The van der Waals surface area contributed by atoms with Crippen molar-refractivity contribution in [3.05, 3.63) is 0 Å². The van der Waals surface area contributed by atoms with E-state index in [2.05, 4.69) is 13.8 Å².